The molecule has 20 heavy (non-hydrogen) atoms. The summed E-state index contributed by atoms with van der Waals surface area (Å²) < 4.78 is 5.39. The highest BCUT2D eigenvalue weighted by atomic mass is 16.5. The van der Waals surface area contributed by atoms with Gasteiger partial charge in [0.1, 0.15) is 0 Å². The van der Waals surface area contributed by atoms with Crippen LogP contribution in [0.3, 0.4) is 0 Å². The van der Waals surface area contributed by atoms with Crippen molar-refractivity contribution >= 4 is 10.8 Å². The quantitative estimate of drug-likeness (QED) is 0.843. The highest BCUT2D eigenvalue weighted by Gasteiger charge is 2.10. The number of morpholine rings is 1. The van der Waals surface area contributed by atoms with Gasteiger partial charge in [-0.05, 0) is 48.2 Å². The minimum absolute atomic E-state index is 0.896. The molecule has 0 atom stereocenters. The Morgan fingerprint density at radius 2 is 1.75 bits per heavy atom. The van der Waals surface area contributed by atoms with Crippen LogP contribution >= 0.6 is 0 Å². The van der Waals surface area contributed by atoms with Gasteiger partial charge in [-0.1, -0.05) is 36.4 Å². The van der Waals surface area contributed by atoms with Gasteiger partial charge in [0, 0.05) is 13.1 Å². The van der Waals surface area contributed by atoms with Crippen molar-refractivity contribution in [2.45, 2.75) is 19.8 Å². The Labute approximate surface area is 121 Å². The molecule has 0 aromatic heterocycles. The number of nitrogens with zero attached hydrogens (tertiary/aromatic N) is 1. The van der Waals surface area contributed by atoms with Crippen molar-refractivity contribution in [1.82, 2.24) is 4.90 Å². The standard InChI is InChI=1S/C18H23NO/c1-15-8-9-16(18-7-3-2-6-17(15)18)5-4-10-19-11-13-20-14-12-19/h2-3,6-9H,4-5,10-14H2,1H3. The van der Waals surface area contributed by atoms with E-state index in [1.165, 1.54) is 34.9 Å². The molecule has 0 unspecified atom stereocenters. The average Bonchev–Trinajstić information content (AvgIpc) is 2.51. The molecular formula is C18H23NO. The first-order valence-corrected chi connectivity index (χ1v) is 7.62. The van der Waals surface area contributed by atoms with Gasteiger partial charge in [-0.25, -0.2) is 0 Å². The third-order valence-electron chi connectivity index (χ3n) is 4.26. The van der Waals surface area contributed by atoms with E-state index < -0.39 is 0 Å². The zero-order valence-electron chi connectivity index (χ0n) is 12.3. The van der Waals surface area contributed by atoms with Gasteiger partial charge in [0.15, 0.2) is 0 Å². The third-order valence-corrected chi connectivity index (χ3v) is 4.26. The molecule has 106 valence electrons. The van der Waals surface area contributed by atoms with E-state index in [1.807, 2.05) is 0 Å². The van der Waals surface area contributed by atoms with E-state index in [4.69, 9.17) is 4.74 Å². The fraction of sp³-hybridized carbons (Fsp3) is 0.444. The van der Waals surface area contributed by atoms with Gasteiger partial charge in [-0.3, -0.25) is 4.90 Å². The zero-order chi connectivity index (χ0) is 13.8. The minimum atomic E-state index is 0.896. The molecule has 1 heterocycles. The van der Waals surface area contributed by atoms with Crippen LogP contribution in [0.1, 0.15) is 17.5 Å². The maximum absolute atomic E-state index is 5.39. The molecule has 0 radical (unpaired) electrons. The Hall–Kier alpha value is -1.38. The van der Waals surface area contributed by atoms with E-state index >= 15 is 0 Å². The SMILES string of the molecule is Cc1ccc(CCCN2CCOCC2)c2ccccc12. The van der Waals surface area contributed by atoms with Gasteiger partial charge >= 0.3 is 0 Å². The molecule has 0 bridgehead atoms. The van der Waals surface area contributed by atoms with Crippen molar-refractivity contribution in [2.24, 2.45) is 0 Å². The normalized spacial score (nSPS) is 16.6. The molecule has 2 nitrogen and oxygen atoms in total. The second-order valence-electron chi connectivity index (χ2n) is 5.64. The maximum Gasteiger partial charge on any atom is 0.0594 e. The molecule has 1 aliphatic heterocycles. The Balaban J connectivity index is 1.67. The van der Waals surface area contributed by atoms with Gasteiger partial charge in [0.2, 0.25) is 0 Å². The van der Waals surface area contributed by atoms with Crippen molar-refractivity contribution in [1.29, 1.82) is 0 Å². The number of hydrogen-bond donors (Lipinski definition) is 0. The van der Waals surface area contributed by atoms with E-state index in [0.717, 1.165) is 32.7 Å². The number of fused-ring (bicyclic) bond motifs is 1. The van der Waals surface area contributed by atoms with Crippen LogP contribution in [-0.4, -0.2) is 37.7 Å². The lowest BCUT2D eigenvalue weighted by Gasteiger charge is -2.26. The summed E-state index contributed by atoms with van der Waals surface area (Å²) in [6.07, 6.45) is 2.39. The van der Waals surface area contributed by atoms with Crippen molar-refractivity contribution < 1.29 is 4.74 Å². The lowest BCUT2D eigenvalue weighted by molar-refractivity contribution is 0.0375. The monoisotopic (exact) mass is 269 g/mol. The maximum atomic E-state index is 5.39. The second kappa shape index (κ2) is 6.38. The van der Waals surface area contributed by atoms with Crippen LogP contribution in [0.2, 0.25) is 0 Å². The first kappa shape index (κ1) is 13.6. The van der Waals surface area contributed by atoms with Gasteiger partial charge in [-0.15, -0.1) is 0 Å². The molecule has 1 fully saturated rings. The van der Waals surface area contributed by atoms with E-state index in [1.54, 1.807) is 0 Å². The highest BCUT2D eigenvalue weighted by molar-refractivity contribution is 5.88. The fourth-order valence-electron chi connectivity index (χ4n) is 3.05. The number of rotatable bonds is 4. The molecule has 0 saturated carbocycles. The van der Waals surface area contributed by atoms with Crippen LogP contribution in [0, 0.1) is 6.92 Å². The third kappa shape index (κ3) is 3.02. The molecule has 2 heteroatoms. The number of aryl methyl sites for hydroxylation is 2. The van der Waals surface area contributed by atoms with E-state index in [-0.39, 0.29) is 0 Å². The van der Waals surface area contributed by atoms with Crippen LogP contribution in [0.4, 0.5) is 0 Å². The van der Waals surface area contributed by atoms with Crippen LogP contribution in [0.25, 0.3) is 10.8 Å². The predicted molar refractivity (Wildman–Crippen MR) is 84.3 cm³/mol. The Bertz CT molecular complexity index is 573. The summed E-state index contributed by atoms with van der Waals surface area (Å²) in [5.74, 6) is 0. The van der Waals surface area contributed by atoms with Crippen molar-refractivity contribution in [3.63, 3.8) is 0 Å². The molecule has 0 N–H and O–H groups in total. The lowest BCUT2D eigenvalue weighted by atomic mass is 9.97. The van der Waals surface area contributed by atoms with Crippen LogP contribution in [0.5, 0.6) is 0 Å². The summed E-state index contributed by atoms with van der Waals surface area (Å²) >= 11 is 0. The zero-order valence-corrected chi connectivity index (χ0v) is 12.3. The van der Waals surface area contributed by atoms with Crippen LogP contribution in [0.15, 0.2) is 36.4 Å². The van der Waals surface area contributed by atoms with Crippen LogP contribution < -0.4 is 0 Å². The number of ether oxygens (including phenoxy) is 1. The Morgan fingerprint density at radius 1 is 1.00 bits per heavy atom. The summed E-state index contributed by atoms with van der Waals surface area (Å²) in [4.78, 5) is 2.51. The molecule has 3 rings (SSSR count). The topological polar surface area (TPSA) is 12.5 Å². The van der Waals surface area contributed by atoms with Crippen molar-refractivity contribution in [3.05, 3.63) is 47.5 Å². The molecule has 0 aliphatic carbocycles. The molecule has 1 saturated heterocycles. The summed E-state index contributed by atoms with van der Waals surface area (Å²) in [6.45, 7) is 7.36. The fourth-order valence-corrected chi connectivity index (χ4v) is 3.05. The largest absolute Gasteiger partial charge is 0.379 e. The predicted octanol–water partition coefficient (Wildman–Crippen LogP) is 3.41. The highest BCUT2D eigenvalue weighted by Crippen LogP contribution is 2.23. The average molecular weight is 269 g/mol. The van der Waals surface area contributed by atoms with E-state index in [0.29, 0.717) is 0 Å². The molecule has 0 spiro atoms. The minimum Gasteiger partial charge on any atom is -0.379 e. The van der Waals surface area contributed by atoms with Gasteiger partial charge in [0.05, 0.1) is 13.2 Å². The van der Waals surface area contributed by atoms with Crippen LogP contribution in [-0.2, 0) is 11.2 Å². The smallest absolute Gasteiger partial charge is 0.0594 e. The summed E-state index contributed by atoms with van der Waals surface area (Å²) in [7, 11) is 0. The lowest BCUT2D eigenvalue weighted by Crippen LogP contribution is -2.36. The first-order chi connectivity index (χ1) is 9.84. The van der Waals surface area contributed by atoms with Gasteiger partial charge < -0.3 is 4.74 Å². The number of benzene rings is 2. The van der Waals surface area contributed by atoms with Gasteiger partial charge in [-0.2, -0.15) is 0 Å². The Morgan fingerprint density at radius 3 is 2.55 bits per heavy atom. The summed E-state index contributed by atoms with van der Waals surface area (Å²) in [5, 5.41) is 2.82. The molecule has 2 aromatic rings. The van der Waals surface area contributed by atoms with Crippen molar-refractivity contribution in [3.8, 4) is 0 Å². The molecule has 1 aliphatic rings. The second-order valence-corrected chi connectivity index (χ2v) is 5.64. The van der Waals surface area contributed by atoms with Gasteiger partial charge in [0.25, 0.3) is 0 Å². The summed E-state index contributed by atoms with van der Waals surface area (Å²) in [5.41, 5.74) is 2.86. The van der Waals surface area contributed by atoms with Crippen molar-refractivity contribution in [2.75, 3.05) is 32.8 Å². The summed E-state index contributed by atoms with van der Waals surface area (Å²) in [6, 6.07) is 13.3. The molecule has 2 aromatic carbocycles. The first-order valence-electron chi connectivity index (χ1n) is 7.62. The Kier molecular flexibility index (Phi) is 4.34. The van der Waals surface area contributed by atoms with E-state index in [9.17, 15) is 0 Å². The molecule has 0 amide bonds. The van der Waals surface area contributed by atoms with E-state index in [2.05, 4.69) is 48.2 Å². The number of hydrogen-bond acceptors (Lipinski definition) is 2. The molecular weight excluding hydrogens is 246 g/mol.